The molecule has 0 heterocycles. The summed E-state index contributed by atoms with van der Waals surface area (Å²) < 4.78 is 250. The van der Waals surface area contributed by atoms with Gasteiger partial charge >= 0.3 is 48.4 Å². The maximum absolute atomic E-state index is 14.5. The SMILES string of the molecule is O=S(=O)(O)c1c(CC(F)(F)C(F)(F)C(F)(F)C(F)F)c(CC(F)(F)C(F)(F)C(F)(F)C(F)F)cc2ccccc12. The number of rotatable bonds is 11. The molecule has 2 aromatic carbocycles. The maximum Gasteiger partial charge on any atom is 0.378 e. The van der Waals surface area contributed by atoms with Crippen molar-refractivity contribution in [1.29, 1.82) is 0 Å². The monoisotopic (exact) mass is 636 g/mol. The number of hydrogen-bond acceptors (Lipinski definition) is 2. The van der Waals surface area contributed by atoms with Gasteiger partial charge < -0.3 is 0 Å². The average molecular weight is 636 g/mol. The fraction of sp³-hybridized carbons (Fsp3) is 0.500. The van der Waals surface area contributed by atoms with Gasteiger partial charge in [0.1, 0.15) is 4.90 Å². The van der Waals surface area contributed by atoms with E-state index in [1.165, 1.54) is 0 Å². The van der Waals surface area contributed by atoms with Crippen molar-refractivity contribution >= 4 is 20.9 Å². The maximum atomic E-state index is 14.5. The van der Waals surface area contributed by atoms with Crippen molar-refractivity contribution in [1.82, 2.24) is 0 Å². The van der Waals surface area contributed by atoms with Gasteiger partial charge in [-0.2, -0.15) is 61.1 Å². The Balaban J connectivity index is 2.95. The highest BCUT2D eigenvalue weighted by atomic mass is 32.2. The van der Waals surface area contributed by atoms with Gasteiger partial charge in [0.15, 0.2) is 0 Å². The first-order chi connectivity index (χ1) is 17.7. The molecule has 0 saturated carbocycles. The van der Waals surface area contributed by atoms with Gasteiger partial charge in [-0.1, -0.05) is 30.3 Å². The summed E-state index contributed by atoms with van der Waals surface area (Å²) >= 11 is 0. The molecule has 0 saturated heterocycles. The van der Waals surface area contributed by atoms with Crippen LogP contribution in [0.15, 0.2) is 35.2 Å². The lowest BCUT2D eigenvalue weighted by atomic mass is 9.88. The lowest BCUT2D eigenvalue weighted by Crippen LogP contribution is -2.59. The lowest BCUT2D eigenvalue weighted by Gasteiger charge is -2.34. The second-order valence-corrected chi connectivity index (χ2v) is 9.66. The number of benzene rings is 2. The third-order valence-corrected chi connectivity index (χ3v) is 6.55. The van der Waals surface area contributed by atoms with Crippen molar-refractivity contribution in [2.24, 2.45) is 0 Å². The summed E-state index contributed by atoms with van der Waals surface area (Å²) in [6.07, 6.45) is -17.3. The van der Waals surface area contributed by atoms with E-state index in [9.17, 15) is 83.2 Å². The molecule has 2 rings (SSSR count). The van der Waals surface area contributed by atoms with Gasteiger partial charge in [0.2, 0.25) is 0 Å². The summed E-state index contributed by atoms with van der Waals surface area (Å²) in [5.41, 5.74) is -4.32. The predicted octanol–water partition coefficient (Wildman–Crippen LogP) is 7.51. The van der Waals surface area contributed by atoms with Gasteiger partial charge in [0.25, 0.3) is 10.1 Å². The Morgan fingerprint density at radius 2 is 1.07 bits per heavy atom. The third kappa shape index (κ3) is 5.39. The Labute approximate surface area is 212 Å². The van der Waals surface area contributed by atoms with Crippen LogP contribution in [0.25, 0.3) is 10.8 Å². The molecule has 0 spiro atoms. The number of hydrogen-bond donors (Lipinski definition) is 1. The highest BCUT2D eigenvalue weighted by Crippen LogP contribution is 2.53. The normalized spacial score (nSPS) is 15.0. The molecule has 0 unspecified atom stereocenters. The molecule has 0 atom stereocenters. The molecule has 2 aromatic rings. The third-order valence-electron chi connectivity index (χ3n) is 5.57. The van der Waals surface area contributed by atoms with E-state index in [1.807, 2.05) is 0 Å². The van der Waals surface area contributed by atoms with Crippen molar-refractivity contribution < 1.29 is 83.2 Å². The first-order valence-corrected chi connectivity index (χ1v) is 11.4. The molecule has 3 nitrogen and oxygen atoms in total. The van der Waals surface area contributed by atoms with E-state index in [-0.39, 0.29) is 6.07 Å². The van der Waals surface area contributed by atoms with E-state index in [0.29, 0.717) is 12.1 Å². The van der Waals surface area contributed by atoms with Crippen LogP contribution in [0.4, 0.5) is 70.2 Å². The molecule has 1 N–H and O–H groups in total. The number of halogens is 16. The molecule has 0 fully saturated rings. The highest BCUT2D eigenvalue weighted by Gasteiger charge is 2.76. The minimum absolute atomic E-state index is 0.0311. The molecule has 0 aliphatic carbocycles. The van der Waals surface area contributed by atoms with E-state index in [4.69, 9.17) is 0 Å². The number of alkyl halides is 16. The quantitative estimate of drug-likeness (QED) is 0.205. The zero-order chi connectivity index (χ0) is 31.5. The van der Waals surface area contributed by atoms with Crippen molar-refractivity contribution in [2.75, 3.05) is 0 Å². The van der Waals surface area contributed by atoms with E-state index < -0.39 is 98.1 Å². The molecule has 40 heavy (non-hydrogen) atoms. The van der Waals surface area contributed by atoms with Crippen LogP contribution < -0.4 is 0 Å². The fourth-order valence-corrected chi connectivity index (χ4v) is 4.48. The summed E-state index contributed by atoms with van der Waals surface area (Å²) in [6.45, 7) is 0. The largest absolute Gasteiger partial charge is 0.378 e. The Hall–Kier alpha value is -2.51. The standard InChI is InChI=1S/C20H12F16O3S/c21-13(22)17(29,30)19(33,34)15(25,26)6-9-5-8-3-1-2-4-10(8)12(40(37,38)39)11(9)7-16(27,28)20(35,36)18(31,32)14(23)24/h1-5,13-14H,6-7H2,(H,37,38,39). The summed E-state index contributed by atoms with van der Waals surface area (Å²) in [7, 11) is -6.10. The molecule has 228 valence electrons. The van der Waals surface area contributed by atoms with E-state index in [1.54, 1.807) is 0 Å². The molecule has 0 aromatic heterocycles. The van der Waals surface area contributed by atoms with Gasteiger partial charge in [-0.25, -0.2) is 17.6 Å². The number of fused-ring (bicyclic) bond motifs is 1. The van der Waals surface area contributed by atoms with Crippen LogP contribution >= 0.6 is 0 Å². The summed E-state index contributed by atoms with van der Waals surface area (Å²) in [4.78, 5) is -2.07. The molecule has 0 aliphatic rings. The van der Waals surface area contributed by atoms with Crippen LogP contribution in [-0.2, 0) is 23.0 Å². The Morgan fingerprint density at radius 1 is 0.675 bits per heavy atom. The molecule has 0 radical (unpaired) electrons. The van der Waals surface area contributed by atoms with E-state index in [0.717, 1.165) is 12.1 Å². The Bertz CT molecular complexity index is 1350. The summed E-state index contributed by atoms with van der Waals surface area (Å²) in [5, 5.41) is -1.78. The topological polar surface area (TPSA) is 54.4 Å². The van der Waals surface area contributed by atoms with Crippen LogP contribution in [-0.4, -0.2) is 61.4 Å². The van der Waals surface area contributed by atoms with Crippen molar-refractivity contribution in [3.8, 4) is 0 Å². The highest BCUT2D eigenvalue weighted by molar-refractivity contribution is 7.86. The average Bonchev–Trinajstić information content (AvgIpc) is 2.77. The molecular weight excluding hydrogens is 624 g/mol. The molecule has 0 amide bonds. The summed E-state index contributed by atoms with van der Waals surface area (Å²) in [5.74, 6) is -40.8. The zero-order valence-corrected chi connectivity index (χ0v) is 19.5. The minimum Gasteiger partial charge on any atom is -0.282 e. The molecule has 0 bridgehead atoms. The molecular formula is C20H12F16O3S. The van der Waals surface area contributed by atoms with Gasteiger partial charge in [0.05, 0.1) is 0 Å². The second kappa shape index (κ2) is 10.1. The van der Waals surface area contributed by atoms with Crippen molar-refractivity contribution in [2.45, 2.75) is 66.1 Å². The van der Waals surface area contributed by atoms with Gasteiger partial charge in [-0.3, -0.25) is 4.55 Å². The minimum atomic E-state index is -7.11. The van der Waals surface area contributed by atoms with Crippen molar-refractivity contribution in [3.63, 3.8) is 0 Å². The van der Waals surface area contributed by atoms with Gasteiger partial charge in [-0.05, 0) is 16.5 Å². The van der Waals surface area contributed by atoms with E-state index in [2.05, 4.69) is 0 Å². The summed E-state index contributed by atoms with van der Waals surface area (Å²) in [6, 6.07) is 3.10. The van der Waals surface area contributed by atoms with Crippen LogP contribution in [0.3, 0.4) is 0 Å². The van der Waals surface area contributed by atoms with Crippen LogP contribution in [0.1, 0.15) is 11.1 Å². The zero-order valence-electron chi connectivity index (χ0n) is 18.7. The van der Waals surface area contributed by atoms with Crippen LogP contribution in [0.2, 0.25) is 0 Å². The first-order valence-electron chi connectivity index (χ1n) is 10.0. The van der Waals surface area contributed by atoms with Crippen LogP contribution in [0.5, 0.6) is 0 Å². The molecule has 20 heteroatoms. The van der Waals surface area contributed by atoms with E-state index >= 15 is 0 Å². The van der Waals surface area contributed by atoms with Crippen molar-refractivity contribution in [3.05, 3.63) is 41.5 Å². The fourth-order valence-electron chi connectivity index (χ4n) is 3.50. The van der Waals surface area contributed by atoms with Crippen LogP contribution in [0, 0.1) is 0 Å². The Morgan fingerprint density at radius 3 is 1.48 bits per heavy atom. The smallest absolute Gasteiger partial charge is 0.282 e. The second-order valence-electron chi connectivity index (χ2n) is 8.30. The van der Waals surface area contributed by atoms with Gasteiger partial charge in [0, 0.05) is 18.2 Å². The predicted molar refractivity (Wildman–Crippen MR) is 103 cm³/mol. The van der Waals surface area contributed by atoms with Gasteiger partial charge in [-0.15, -0.1) is 0 Å². The molecule has 0 aliphatic heterocycles. The first kappa shape index (κ1) is 33.7. The Kier molecular flexibility index (Phi) is 8.50. The lowest BCUT2D eigenvalue weighted by molar-refractivity contribution is -0.339.